The number of hydrogen-bond donors (Lipinski definition) is 0. The molecule has 2 saturated heterocycles. The van der Waals surface area contributed by atoms with Gasteiger partial charge in [0.25, 0.3) is 0 Å². The van der Waals surface area contributed by atoms with E-state index in [1.165, 1.54) is 12.3 Å². The van der Waals surface area contributed by atoms with Crippen LogP contribution in [0.3, 0.4) is 0 Å². The molecule has 0 spiro atoms. The van der Waals surface area contributed by atoms with Crippen molar-refractivity contribution in [3.05, 3.63) is 28.2 Å². The molecule has 1 aromatic carbocycles. The van der Waals surface area contributed by atoms with Gasteiger partial charge in [-0.3, -0.25) is 4.79 Å². The highest BCUT2D eigenvalue weighted by atomic mass is 79.9. The number of alkyl halides is 2. The van der Waals surface area contributed by atoms with E-state index in [0.717, 1.165) is 17.3 Å². The van der Waals surface area contributed by atoms with Crippen LogP contribution in [0.5, 0.6) is 5.75 Å². The first-order valence-electron chi connectivity index (χ1n) is 8.88. The fourth-order valence-corrected chi connectivity index (χ4v) is 5.76. The SMILES string of the molecule is CS(=O)(=O)C1CC2CCC(C1)N2C(=O)CCc1cc(Br)ccc1OC(F)F. The Balaban J connectivity index is 1.67. The zero-order valence-corrected chi connectivity index (χ0v) is 17.3. The van der Waals surface area contributed by atoms with E-state index in [2.05, 4.69) is 20.7 Å². The van der Waals surface area contributed by atoms with Crippen molar-refractivity contribution in [1.29, 1.82) is 0 Å². The van der Waals surface area contributed by atoms with Gasteiger partial charge in [-0.05, 0) is 55.9 Å². The van der Waals surface area contributed by atoms with Crippen molar-refractivity contribution >= 4 is 31.7 Å². The van der Waals surface area contributed by atoms with Crippen LogP contribution in [0.15, 0.2) is 22.7 Å². The van der Waals surface area contributed by atoms with Crippen LogP contribution in [-0.2, 0) is 21.1 Å². The van der Waals surface area contributed by atoms with Crippen LogP contribution >= 0.6 is 15.9 Å². The molecule has 2 unspecified atom stereocenters. The number of aryl methyl sites for hydroxylation is 1. The van der Waals surface area contributed by atoms with Crippen LogP contribution in [0.25, 0.3) is 0 Å². The molecular formula is C18H22BrF2NO4S. The Morgan fingerprint density at radius 1 is 1.30 bits per heavy atom. The molecule has 2 aliphatic heterocycles. The standard InChI is InChI=1S/C18H22BrF2NO4S/c1-27(24,25)15-9-13-4-5-14(10-15)22(13)17(23)7-2-11-8-12(19)3-6-16(11)26-18(20)21/h3,6,8,13-15,18H,2,4-5,7,9-10H2,1H3. The molecule has 2 bridgehead atoms. The average molecular weight is 466 g/mol. The van der Waals surface area contributed by atoms with Crippen LogP contribution < -0.4 is 4.74 Å². The predicted octanol–water partition coefficient (Wildman–Crippen LogP) is 3.55. The number of sulfone groups is 1. The average Bonchev–Trinajstić information content (AvgIpc) is 2.83. The van der Waals surface area contributed by atoms with E-state index < -0.39 is 16.4 Å². The van der Waals surface area contributed by atoms with Gasteiger partial charge in [0.15, 0.2) is 0 Å². The molecular weight excluding hydrogens is 444 g/mol. The summed E-state index contributed by atoms with van der Waals surface area (Å²) in [5, 5.41) is -0.379. The Hall–Kier alpha value is -1.22. The summed E-state index contributed by atoms with van der Waals surface area (Å²) in [6, 6.07) is 4.65. The number of hydrogen-bond acceptors (Lipinski definition) is 4. The van der Waals surface area contributed by atoms with E-state index in [4.69, 9.17) is 0 Å². The van der Waals surface area contributed by atoms with E-state index in [1.807, 2.05) is 4.90 Å². The number of ether oxygens (including phenoxy) is 1. The second kappa shape index (κ2) is 8.03. The van der Waals surface area contributed by atoms with Gasteiger partial charge in [0.05, 0.1) is 5.25 Å². The Kier molecular flexibility index (Phi) is 6.10. The molecule has 2 fully saturated rings. The molecule has 27 heavy (non-hydrogen) atoms. The second-order valence-corrected chi connectivity index (χ2v) is 10.5. The van der Waals surface area contributed by atoms with Gasteiger partial charge in [0.2, 0.25) is 5.91 Å². The third-order valence-electron chi connectivity index (χ3n) is 5.43. The summed E-state index contributed by atoms with van der Waals surface area (Å²) in [4.78, 5) is 14.6. The maximum absolute atomic E-state index is 12.8. The van der Waals surface area contributed by atoms with Crippen molar-refractivity contribution in [1.82, 2.24) is 4.90 Å². The molecule has 0 aromatic heterocycles. The van der Waals surface area contributed by atoms with Crippen molar-refractivity contribution in [2.75, 3.05) is 6.26 Å². The van der Waals surface area contributed by atoms with E-state index in [0.29, 0.717) is 18.4 Å². The number of nitrogens with zero attached hydrogens (tertiary/aromatic N) is 1. The van der Waals surface area contributed by atoms with E-state index in [1.54, 1.807) is 12.1 Å². The molecule has 2 aliphatic rings. The highest BCUT2D eigenvalue weighted by Crippen LogP contribution is 2.38. The molecule has 0 N–H and O–H groups in total. The van der Waals surface area contributed by atoms with Crippen LogP contribution in [-0.4, -0.2) is 49.4 Å². The molecule has 2 heterocycles. The summed E-state index contributed by atoms with van der Waals surface area (Å²) in [6.07, 6.45) is 4.32. The molecule has 1 aromatic rings. The zero-order chi connectivity index (χ0) is 19.8. The molecule has 9 heteroatoms. The molecule has 3 rings (SSSR count). The third-order valence-corrected chi connectivity index (χ3v) is 7.52. The Bertz CT molecular complexity index is 804. The molecule has 5 nitrogen and oxygen atoms in total. The van der Waals surface area contributed by atoms with Gasteiger partial charge in [0.1, 0.15) is 15.6 Å². The number of rotatable bonds is 6. The normalized spacial score (nSPS) is 25.1. The van der Waals surface area contributed by atoms with Gasteiger partial charge >= 0.3 is 6.61 Å². The van der Waals surface area contributed by atoms with Gasteiger partial charge < -0.3 is 9.64 Å². The van der Waals surface area contributed by atoms with Crippen molar-refractivity contribution in [3.8, 4) is 5.75 Å². The van der Waals surface area contributed by atoms with Gasteiger partial charge in [-0.15, -0.1) is 0 Å². The molecule has 2 atom stereocenters. The molecule has 0 saturated carbocycles. The molecule has 150 valence electrons. The predicted molar refractivity (Wildman–Crippen MR) is 101 cm³/mol. The maximum atomic E-state index is 12.8. The van der Waals surface area contributed by atoms with E-state index in [-0.39, 0.29) is 41.8 Å². The minimum absolute atomic E-state index is 0.0460. The molecule has 0 aliphatic carbocycles. The van der Waals surface area contributed by atoms with Crippen molar-refractivity contribution in [3.63, 3.8) is 0 Å². The lowest BCUT2D eigenvalue weighted by atomic mass is 10.0. The lowest BCUT2D eigenvalue weighted by Gasteiger charge is -2.38. The van der Waals surface area contributed by atoms with Crippen molar-refractivity contribution in [2.45, 2.75) is 62.5 Å². The minimum Gasteiger partial charge on any atom is -0.435 e. The summed E-state index contributed by atoms with van der Waals surface area (Å²) in [7, 11) is -3.11. The van der Waals surface area contributed by atoms with Crippen molar-refractivity contribution in [2.24, 2.45) is 0 Å². The fourth-order valence-electron chi connectivity index (χ4n) is 4.21. The van der Waals surface area contributed by atoms with Gasteiger partial charge in [0, 0.05) is 29.2 Å². The van der Waals surface area contributed by atoms with E-state index >= 15 is 0 Å². The first kappa shape index (κ1) is 20.5. The lowest BCUT2D eigenvalue weighted by molar-refractivity contribution is -0.135. The maximum Gasteiger partial charge on any atom is 0.387 e. The number of carbonyl (C=O) groups excluding carboxylic acids is 1. The quantitative estimate of drug-likeness (QED) is 0.644. The number of halogens is 3. The Morgan fingerprint density at radius 2 is 1.93 bits per heavy atom. The lowest BCUT2D eigenvalue weighted by Crippen LogP contribution is -2.49. The summed E-state index contributed by atoms with van der Waals surface area (Å²) in [6.45, 7) is -2.92. The zero-order valence-electron chi connectivity index (χ0n) is 14.9. The highest BCUT2D eigenvalue weighted by molar-refractivity contribution is 9.10. The van der Waals surface area contributed by atoms with Crippen LogP contribution in [0, 0.1) is 0 Å². The number of carbonyl (C=O) groups is 1. The van der Waals surface area contributed by atoms with Crippen LogP contribution in [0.2, 0.25) is 0 Å². The van der Waals surface area contributed by atoms with Gasteiger partial charge in [-0.25, -0.2) is 8.42 Å². The van der Waals surface area contributed by atoms with Gasteiger partial charge in [-0.2, -0.15) is 8.78 Å². The summed E-state index contributed by atoms with van der Waals surface area (Å²) >= 11 is 3.31. The monoisotopic (exact) mass is 465 g/mol. The smallest absolute Gasteiger partial charge is 0.387 e. The topological polar surface area (TPSA) is 63.7 Å². The fraction of sp³-hybridized carbons (Fsp3) is 0.611. The minimum atomic E-state index is -3.11. The van der Waals surface area contributed by atoms with Gasteiger partial charge in [-0.1, -0.05) is 15.9 Å². The second-order valence-electron chi connectivity index (χ2n) is 7.24. The largest absolute Gasteiger partial charge is 0.435 e. The number of benzene rings is 1. The highest BCUT2D eigenvalue weighted by Gasteiger charge is 2.45. The number of fused-ring (bicyclic) bond motifs is 2. The molecule has 0 radical (unpaired) electrons. The Labute approximate surface area is 166 Å². The Morgan fingerprint density at radius 3 is 2.48 bits per heavy atom. The first-order valence-corrected chi connectivity index (χ1v) is 11.6. The summed E-state index contributed by atoms with van der Waals surface area (Å²) in [5.74, 6) is 0.0113. The third kappa shape index (κ3) is 4.80. The molecule has 1 amide bonds. The number of piperidine rings is 1. The number of amides is 1. The van der Waals surface area contributed by atoms with Crippen molar-refractivity contribution < 1.29 is 26.7 Å². The first-order chi connectivity index (χ1) is 12.6. The van der Waals surface area contributed by atoms with Crippen LogP contribution in [0.4, 0.5) is 8.78 Å². The van der Waals surface area contributed by atoms with Crippen LogP contribution in [0.1, 0.15) is 37.7 Å². The van der Waals surface area contributed by atoms with E-state index in [9.17, 15) is 22.0 Å². The summed E-state index contributed by atoms with van der Waals surface area (Å²) in [5.41, 5.74) is 0.538. The summed E-state index contributed by atoms with van der Waals surface area (Å²) < 4.78 is 54.1.